The Balaban J connectivity index is 2.03. The lowest BCUT2D eigenvalue weighted by Crippen LogP contribution is -2.32. The largest absolute Gasteiger partial charge is 0.377 e. The molecule has 0 spiro atoms. The molecule has 1 saturated heterocycles. The monoisotopic (exact) mass is 299 g/mol. The number of hydrogen-bond acceptors (Lipinski definition) is 5. The standard InChI is InChI=1S/C12H17N3O4S/c13-15-12(16)9-3-5-11(6-4-9)20(17,18)14-8-10-2-1-7-19-10/h3-6,10,14H,1-2,7-8,13H2,(H,15,16)/t10-/m1/s1. The van der Waals surface area contributed by atoms with E-state index < -0.39 is 15.9 Å². The molecule has 0 aliphatic carbocycles. The van der Waals surface area contributed by atoms with E-state index in [1.54, 1.807) is 0 Å². The lowest BCUT2D eigenvalue weighted by atomic mass is 10.2. The third-order valence-corrected chi connectivity index (χ3v) is 4.52. The third-order valence-electron chi connectivity index (χ3n) is 3.08. The SMILES string of the molecule is NNC(=O)c1ccc(S(=O)(=O)NC[C@H]2CCCO2)cc1. The van der Waals surface area contributed by atoms with Crippen LogP contribution in [0.25, 0.3) is 0 Å². The Labute approximate surface area is 117 Å². The highest BCUT2D eigenvalue weighted by Gasteiger charge is 2.20. The van der Waals surface area contributed by atoms with Crippen LogP contribution in [0.4, 0.5) is 0 Å². The topological polar surface area (TPSA) is 111 Å². The van der Waals surface area contributed by atoms with Crippen molar-refractivity contribution in [1.29, 1.82) is 0 Å². The Bertz CT molecular complexity index is 565. The van der Waals surface area contributed by atoms with Crippen molar-refractivity contribution in [3.63, 3.8) is 0 Å². The van der Waals surface area contributed by atoms with E-state index in [1.165, 1.54) is 24.3 Å². The second kappa shape index (κ2) is 6.31. The molecular formula is C12H17N3O4S. The van der Waals surface area contributed by atoms with Crippen molar-refractivity contribution in [1.82, 2.24) is 10.1 Å². The highest BCUT2D eigenvalue weighted by Crippen LogP contribution is 2.14. The van der Waals surface area contributed by atoms with Gasteiger partial charge < -0.3 is 4.74 Å². The number of nitrogens with two attached hydrogens (primary N) is 1. The first-order valence-electron chi connectivity index (χ1n) is 6.25. The van der Waals surface area contributed by atoms with Gasteiger partial charge in [-0.1, -0.05) is 0 Å². The van der Waals surface area contributed by atoms with Gasteiger partial charge in [0.05, 0.1) is 11.0 Å². The van der Waals surface area contributed by atoms with Gasteiger partial charge in [0.25, 0.3) is 5.91 Å². The Morgan fingerprint density at radius 3 is 2.60 bits per heavy atom. The minimum atomic E-state index is -3.59. The van der Waals surface area contributed by atoms with Crippen LogP contribution in [0.3, 0.4) is 0 Å². The number of ether oxygens (including phenoxy) is 1. The van der Waals surface area contributed by atoms with Crippen LogP contribution < -0.4 is 16.0 Å². The summed E-state index contributed by atoms with van der Waals surface area (Å²) in [4.78, 5) is 11.4. The lowest BCUT2D eigenvalue weighted by Gasteiger charge is -2.11. The first kappa shape index (κ1) is 14.9. The van der Waals surface area contributed by atoms with Gasteiger partial charge in [0.15, 0.2) is 0 Å². The van der Waals surface area contributed by atoms with Crippen molar-refractivity contribution in [2.24, 2.45) is 5.84 Å². The average Bonchev–Trinajstić information content (AvgIpc) is 2.98. The molecule has 1 atom stereocenters. The van der Waals surface area contributed by atoms with Crippen molar-refractivity contribution in [3.05, 3.63) is 29.8 Å². The number of nitrogen functional groups attached to an aromatic ring is 1. The van der Waals surface area contributed by atoms with Crippen molar-refractivity contribution < 1.29 is 17.9 Å². The first-order valence-corrected chi connectivity index (χ1v) is 7.73. The molecule has 2 rings (SSSR count). The maximum Gasteiger partial charge on any atom is 0.265 e. The van der Waals surface area contributed by atoms with Gasteiger partial charge in [-0.05, 0) is 37.1 Å². The molecule has 1 aliphatic rings. The van der Waals surface area contributed by atoms with Crippen LogP contribution in [0.5, 0.6) is 0 Å². The van der Waals surface area contributed by atoms with Gasteiger partial charge in [-0.3, -0.25) is 10.2 Å². The fraction of sp³-hybridized carbons (Fsp3) is 0.417. The zero-order valence-electron chi connectivity index (χ0n) is 10.8. The number of carbonyl (C=O) groups is 1. The summed E-state index contributed by atoms with van der Waals surface area (Å²) in [5.74, 6) is 4.53. The van der Waals surface area contributed by atoms with Crippen LogP contribution in [0.2, 0.25) is 0 Å². The van der Waals surface area contributed by atoms with Gasteiger partial charge in [-0.25, -0.2) is 19.0 Å². The molecule has 1 amide bonds. The van der Waals surface area contributed by atoms with E-state index in [2.05, 4.69) is 4.72 Å². The molecule has 0 saturated carbocycles. The quantitative estimate of drug-likeness (QED) is 0.394. The molecule has 0 aromatic heterocycles. The van der Waals surface area contributed by atoms with Crippen molar-refractivity contribution in [3.8, 4) is 0 Å². The predicted octanol–water partition coefficient (Wildman–Crippen LogP) is -0.253. The van der Waals surface area contributed by atoms with Gasteiger partial charge in [-0.2, -0.15) is 0 Å². The van der Waals surface area contributed by atoms with Crippen molar-refractivity contribution in [2.45, 2.75) is 23.8 Å². The Morgan fingerprint density at radius 2 is 2.05 bits per heavy atom. The van der Waals surface area contributed by atoms with Gasteiger partial charge in [0.2, 0.25) is 10.0 Å². The van der Waals surface area contributed by atoms with E-state index in [1.807, 2.05) is 5.43 Å². The smallest absolute Gasteiger partial charge is 0.265 e. The molecule has 7 nitrogen and oxygen atoms in total. The Hall–Kier alpha value is -1.48. The third kappa shape index (κ3) is 3.54. The van der Waals surface area contributed by atoms with Crippen LogP contribution in [0, 0.1) is 0 Å². The molecular weight excluding hydrogens is 282 g/mol. The van der Waals surface area contributed by atoms with Gasteiger partial charge >= 0.3 is 0 Å². The van der Waals surface area contributed by atoms with Crippen molar-refractivity contribution in [2.75, 3.05) is 13.2 Å². The Kier molecular flexibility index (Phi) is 4.71. The highest BCUT2D eigenvalue weighted by atomic mass is 32.2. The van der Waals surface area contributed by atoms with Crippen LogP contribution in [-0.2, 0) is 14.8 Å². The van der Waals surface area contributed by atoms with E-state index in [0.717, 1.165) is 12.8 Å². The summed E-state index contributed by atoms with van der Waals surface area (Å²) >= 11 is 0. The van der Waals surface area contributed by atoms with Crippen LogP contribution in [-0.4, -0.2) is 33.6 Å². The zero-order valence-corrected chi connectivity index (χ0v) is 11.7. The number of amides is 1. The van der Waals surface area contributed by atoms with Gasteiger partial charge in [0, 0.05) is 18.7 Å². The summed E-state index contributed by atoms with van der Waals surface area (Å²) in [5, 5.41) is 0. The minimum absolute atomic E-state index is 0.0629. The number of nitrogens with one attached hydrogen (secondary N) is 2. The van der Waals surface area contributed by atoms with Gasteiger partial charge in [-0.15, -0.1) is 0 Å². The van der Waals surface area contributed by atoms with E-state index in [9.17, 15) is 13.2 Å². The normalized spacial score (nSPS) is 18.9. The predicted molar refractivity (Wildman–Crippen MR) is 72.3 cm³/mol. The molecule has 0 unspecified atom stereocenters. The van der Waals surface area contributed by atoms with E-state index in [4.69, 9.17) is 10.6 Å². The molecule has 1 aromatic rings. The zero-order chi connectivity index (χ0) is 14.6. The number of benzene rings is 1. The van der Waals surface area contributed by atoms with Crippen molar-refractivity contribution >= 4 is 15.9 Å². The minimum Gasteiger partial charge on any atom is -0.377 e. The summed E-state index contributed by atoms with van der Waals surface area (Å²) in [6.07, 6.45) is 1.75. The maximum absolute atomic E-state index is 12.0. The van der Waals surface area contributed by atoms with E-state index in [-0.39, 0.29) is 17.5 Å². The molecule has 1 aromatic carbocycles. The summed E-state index contributed by atoms with van der Waals surface area (Å²) in [7, 11) is -3.59. The van der Waals surface area contributed by atoms with Crippen LogP contribution >= 0.6 is 0 Å². The molecule has 20 heavy (non-hydrogen) atoms. The fourth-order valence-electron chi connectivity index (χ4n) is 1.96. The average molecular weight is 299 g/mol. The Morgan fingerprint density at radius 1 is 1.35 bits per heavy atom. The van der Waals surface area contributed by atoms with E-state index >= 15 is 0 Å². The molecule has 1 heterocycles. The molecule has 0 radical (unpaired) electrons. The highest BCUT2D eigenvalue weighted by molar-refractivity contribution is 7.89. The molecule has 4 N–H and O–H groups in total. The van der Waals surface area contributed by atoms with Gasteiger partial charge in [0.1, 0.15) is 0 Å². The van der Waals surface area contributed by atoms with E-state index in [0.29, 0.717) is 12.2 Å². The second-order valence-corrected chi connectivity index (χ2v) is 6.25. The number of sulfonamides is 1. The number of carbonyl (C=O) groups excluding carboxylic acids is 1. The van der Waals surface area contributed by atoms with Crippen LogP contribution in [0.15, 0.2) is 29.2 Å². The first-order chi connectivity index (χ1) is 9.53. The summed E-state index contributed by atoms with van der Waals surface area (Å²) < 4.78 is 32.0. The molecule has 1 aliphatic heterocycles. The molecule has 110 valence electrons. The molecule has 1 fully saturated rings. The summed E-state index contributed by atoms with van der Waals surface area (Å²) in [5.41, 5.74) is 2.28. The molecule has 8 heteroatoms. The second-order valence-electron chi connectivity index (χ2n) is 4.48. The lowest BCUT2D eigenvalue weighted by molar-refractivity contribution is 0.0953. The summed E-state index contributed by atoms with van der Waals surface area (Å²) in [6, 6.07) is 5.54. The number of hydrazine groups is 1. The fourth-order valence-corrected chi connectivity index (χ4v) is 3.03. The molecule has 0 bridgehead atoms. The summed E-state index contributed by atoms with van der Waals surface area (Å²) in [6.45, 7) is 0.933. The maximum atomic E-state index is 12.0. The number of rotatable bonds is 5. The van der Waals surface area contributed by atoms with Crippen LogP contribution in [0.1, 0.15) is 23.2 Å². The number of hydrogen-bond donors (Lipinski definition) is 3.